The normalized spacial score (nSPS) is 19.7. The molecule has 1 aromatic carbocycles. The summed E-state index contributed by atoms with van der Waals surface area (Å²) in [5.41, 5.74) is 1.14. The maximum atomic E-state index is 12.5. The molecular weight excluding hydrogens is 276 g/mol. The number of methoxy groups -OCH3 is 1. The van der Waals surface area contributed by atoms with Gasteiger partial charge in [-0.05, 0) is 43.4 Å². The highest BCUT2D eigenvalue weighted by Gasteiger charge is 2.25. The summed E-state index contributed by atoms with van der Waals surface area (Å²) in [5, 5.41) is 6.56. The molecule has 22 heavy (non-hydrogen) atoms. The molecule has 2 N–H and O–H groups in total. The van der Waals surface area contributed by atoms with Crippen molar-refractivity contribution in [2.45, 2.75) is 39.2 Å². The highest BCUT2D eigenvalue weighted by molar-refractivity contribution is 5.79. The van der Waals surface area contributed by atoms with Crippen LogP contribution < -0.4 is 15.4 Å². The Morgan fingerprint density at radius 1 is 1.41 bits per heavy atom. The third-order valence-electron chi connectivity index (χ3n) is 4.43. The molecule has 2 atom stereocenters. The standard InChI is InChI=1S/C18H28N2O2/c1-13(2)16(11-14-7-4-5-9-17(14)22-3)20-18(21)15-8-6-10-19-12-15/h4-5,7,9,13,15-16,19H,6,8,10-12H2,1-3H3,(H,20,21). The lowest BCUT2D eigenvalue weighted by molar-refractivity contribution is -0.126. The smallest absolute Gasteiger partial charge is 0.224 e. The molecule has 1 saturated heterocycles. The second-order valence-electron chi connectivity index (χ2n) is 6.42. The first-order chi connectivity index (χ1) is 10.6. The Hall–Kier alpha value is -1.55. The number of benzene rings is 1. The van der Waals surface area contributed by atoms with Crippen LogP contribution in [-0.2, 0) is 11.2 Å². The molecule has 0 radical (unpaired) electrons. The quantitative estimate of drug-likeness (QED) is 0.848. The number of carbonyl (C=O) groups excluding carboxylic acids is 1. The monoisotopic (exact) mass is 304 g/mol. The van der Waals surface area contributed by atoms with Crippen molar-refractivity contribution in [3.05, 3.63) is 29.8 Å². The van der Waals surface area contributed by atoms with Crippen LogP contribution in [0.4, 0.5) is 0 Å². The second kappa shape index (κ2) is 8.18. The Balaban J connectivity index is 2.01. The van der Waals surface area contributed by atoms with E-state index in [2.05, 4.69) is 30.5 Å². The maximum Gasteiger partial charge on any atom is 0.224 e. The van der Waals surface area contributed by atoms with Gasteiger partial charge in [-0.15, -0.1) is 0 Å². The van der Waals surface area contributed by atoms with Crippen molar-refractivity contribution in [1.82, 2.24) is 10.6 Å². The third-order valence-corrected chi connectivity index (χ3v) is 4.43. The third kappa shape index (κ3) is 4.47. The largest absolute Gasteiger partial charge is 0.496 e. The van der Waals surface area contributed by atoms with Crippen LogP contribution in [0, 0.1) is 11.8 Å². The van der Waals surface area contributed by atoms with E-state index in [-0.39, 0.29) is 17.9 Å². The molecule has 4 heteroatoms. The van der Waals surface area contributed by atoms with Gasteiger partial charge in [-0.3, -0.25) is 4.79 Å². The van der Waals surface area contributed by atoms with Gasteiger partial charge >= 0.3 is 0 Å². The number of hydrogen-bond acceptors (Lipinski definition) is 3. The minimum absolute atomic E-state index is 0.104. The molecule has 0 aliphatic carbocycles. The molecule has 2 rings (SSSR count). The van der Waals surface area contributed by atoms with Gasteiger partial charge in [0.05, 0.1) is 13.0 Å². The van der Waals surface area contributed by atoms with Crippen LogP contribution in [0.3, 0.4) is 0 Å². The number of piperidine rings is 1. The van der Waals surface area contributed by atoms with Crippen molar-refractivity contribution in [3.8, 4) is 5.75 Å². The number of amides is 1. The number of nitrogens with one attached hydrogen (secondary N) is 2. The first-order valence-electron chi connectivity index (χ1n) is 8.24. The van der Waals surface area contributed by atoms with Crippen LogP contribution in [0.25, 0.3) is 0 Å². The molecule has 1 aromatic rings. The number of hydrogen-bond donors (Lipinski definition) is 2. The Bertz CT molecular complexity index is 482. The first-order valence-corrected chi connectivity index (χ1v) is 8.24. The molecule has 0 bridgehead atoms. The van der Waals surface area contributed by atoms with E-state index in [1.54, 1.807) is 7.11 Å². The summed E-state index contributed by atoms with van der Waals surface area (Å²) in [7, 11) is 1.69. The summed E-state index contributed by atoms with van der Waals surface area (Å²) < 4.78 is 5.42. The van der Waals surface area contributed by atoms with Gasteiger partial charge in [0.2, 0.25) is 5.91 Å². The fourth-order valence-electron chi connectivity index (χ4n) is 2.94. The molecular formula is C18H28N2O2. The Labute approximate surface area is 133 Å². The van der Waals surface area contributed by atoms with Crippen molar-refractivity contribution in [1.29, 1.82) is 0 Å². The van der Waals surface area contributed by atoms with Gasteiger partial charge in [-0.1, -0.05) is 32.0 Å². The van der Waals surface area contributed by atoms with Crippen molar-refractivity contribution in [3.63, 3.8) is 0 Å². The van der Waals surface area contributed by atoms with Crippen molar-refractivity contribution in [2.24, 2.45) is 11.8 Å². The predicted octanol–water partition coefficient (Wildman–Crippen LogP) is 2.38. The number of para-hydroxylation sites is 1. The molecule has 4 nitrogen and oxygen atoms in total. The molecule has 0 aromatic heterocycles. The number of ether oxygens (including phenoxy) is 1. The number of carbonyl (C=O) groups is 1. The van der Waals surface area contributed by atoms with Crippen LogP contribution in [0.2, 0.25) is 0 Å². The highest BCUT2D eigenvalue weighted by atomic mass is 16.5. The van der Waals surface area contributed by atoms with Gasteiger partial charge in [-0.2, -0.15) is 0 Å². The van der Waals surface area contributed by atoms with E-state index in [1.807, 2.05) is 18.2 Å². The lowest BCUT2D eigenvalue weighted by Crippen LogP contribution is -2.47. The van der Waals surface area contributed by atoms with Gasteiger partial charge in [0, 0.05) is 12.6 Å². The van der Waals surface area contributed by atoms with E-state index in [1.165, 1.54) is 0 Å². The van der Waals surface area contributed by atoms with E-state index in [4.69, 9.17) is 4.74 Å². The molecule has 1 heterocycles. The summed E-state index contributed by atoms with van der Waals surface area (Å²) in [6.45, 7) is 6.13. The van der Waals surface area contributed by atoms with Gasteiger partial charge in [0.15, 0.2) is 0 Å². The average Bonchev–Trinajstić information content (AvgIpc) is 2.55. The Morgan fingerprint density at radius 2 is 2.18 bits per heavy atom. The van der Waals surface area contributed by atoms with E-state index in [0.29, 0.717) is 5.92 Å². The van der Waals surface area contributed by atoms with Crippen molar-refractivity contribution < 1.29 is 9.53 Å². The lowest BCUT2D eigenvalue weighted by atomic mass is 9.93. The van der Waals surface area contributed by atoms with Gasteiger partial charge in [-0.25, -0.2) is 0 Å². The minimum Gasteiger partial charge on any atom is -0.496 e. The molecule has 0 saturated carbocycles. The van der Waals surface area contributed by atoms with E-state index in [9.17, 15) is 4.79 Å². The molecule has 1 fully saturated rings. The SMILES string of the molecule is COc1ccccc1CC(NC(=O)C1CCCNC1)C(C)C. The first kappa shape index (κ1) is 16.8. The zero-order valence-electron chi connectivity index (χ0n) is 13.9. The Kier molecular flexibility index (Phi) is 6.25. The molecule has 1 aliphatic rings. The van der Waals surface area contributed by atoms with Gasteiger partial charge < -0.3 is 15.4 Å². The molecule has 2 unspecified atom stereocenters. The van der Waals surface area contributed by atoms with Crippen molar-refractivity contribution >= 4 is 5.91 Å². The summed E-state index contributed by atoms with van der Waals surface area (Å²) in [6.07, 6.45) is 2.86. The topological polar surface area (TPSA) is 50.4 Å². The highest BCUT2D eigenvalue weighted by Crippen LogP contribution is 2.21. The van der Waals surface area contributed by atoms with Gasteiger partial charge in [0.1, 0.15) is 5.75 Å². The number of rotatable bonds is 6. The molecule has 1 aliphatic heterocycles. The molecule has 122 valence electrons. The predicted molar refractivity (Wildman–Crippen MR) is 89.1 cm³/mol. The average molecular weight is 304 g/mol. The second-order valence-corrected chi connectivity index (χ2v) is 6.42. The minimum atomic E-state index is 0.104. The zero-order valence-corrected chi connectivity index (χ0v) is 13.9. The summed E-state index contributed by atoms with van der Waals surface area (Å²) >= 11 is 0. The fraction of sp³-hybridized carbons (Fsp3) is 0.611. The van der Waals surface area contributed by atoms with Crippen LogP contribution in [-0.4, -0.2) is 32.1 Å². The molecule has 1 amide bonds. The van der Waals surface area contributed by atoms with E-state index >= 15 is 0 Å². The summed E-state index contributed by atoms with van der Waals surface area (Å²) in [5.74, 6) is 1.56. The van der Waals surface area contributed by atoms with Gasteiger partial charge in [0.25, 0.3) is 0 Å². The fourth-order valence-corrected chi connectivity index (χ4v) is 2.94. The van der Waals surface area contributed by atoms with E-state index in [0.717, 1.165) is 43.7 Å². The molecule has 0 spiro atoms. The van der Waals surface area contributed by atoms with Crippen LogP contribution >= 0.6 is 0 Å². The van der Waals surface area contributed by atoms with Crippen LogP contribution in [0.15, 0.2) is 24.3 Å². The maximum absolute atomic E-state index is 12.5. The zero-order chi connectivity index (χ0) is 15.9. The van der Waals surface area contributed by atoms with Crippen LogP contribution in [0.1, 0.15) is 32.3 Å². The summed E-state index contributed by atoms with van der Waals surface area (Å²) in [6, 6.07) is 8.16. The lowest BCUT2D eigenvalue weighted by Gasteiger charge is -2.28. The van der Waals surface area contributed by atoms with E-state index < -0.39 is 0 Å². The summed E-state index contributed by atoms with van der Waals surface area (Å²) in [4.78, 5) is 12.5. The van der Waals surface area contributed by atoms with Crippen LogP contribution in [0.5, 0.6) is 5.75 Å². The van der Waals surface area contributed by atoms with Crippen molar-refractivity contribution in [2.75, 3.05) is 20.2 Å². The Morgan fingerprint density at radius 3 is 2.82 bits per heavy atom.